The molecule has 0 aliphatic carbocycles. The van der Waals surface area contributed by atoms with Crippen LogP contribution in [0.25, 0.3) is 0 Å². The number of rotatable bonds is 10. The molecule has 0 spiro atoms. The highest BCUT2D eigenvalue weighted by atomic mass is 32.2. The van der Waals surface area contributed by atoms with Crippen LogP contribution < -0.4 is 11.1 Å². The van der Waals surface area contributed by atoms with E-state index in [0.717, 1.165) is 61.6 Å². The zero-order valence-corrected chi connectivity index (χ0v) is 26.2. The van der Waals surface area contributed by atoms with Crippen LogP contribution in [0.4, 0.5) is 19.7 Å². The fraction of sp³-hybridized carbons (Fsp3) is 0.344. The smallest absolute Gasteiger partial charge is 0.244 e. The maximum atomic E-state index is 14.1. The molecule has 3 N–H and O–H groups in total. The Morgan fingerprint density at radius 3 is 2.40 bits per heavy atom. The van der Waals surface area contributed by atoms with Crippen LogP contribution in [0.1, 0.15) is 51.7 Å². The summed E-state index contributed by atoms with van der Waals surface area (Å²) >= 11 is 0.916. The molecule has 4 aromatic rings. The molecule has 13 heteroatoms. The minimum atomic E-state index is -3.71. The first-order valence-corrected chi connectivity index (χ1v) is 17.2. The minimum absolute atomic E-state index is 0.0609. The first kappa shape index (κ1) is 31.2. The van der Waals surface area contributed by atoms with Gasteiger partial charge in [-0.25, -0.2) is 22.2 Å². The Morgan fingerprint density at radius 1 is 0.978 bits per heavy atom. The molecule has 2 aliphatic rings. The predicted octanol–water partition coefficient (Wildman–Crippen LogP) is 4.93. The molecule has 0 amide bonds. The monoisotopic (exact) mass is 652 g/mol. The molecule has 236 valence electrons. The van der Waals surface area contributed by atoms with Crippen molar-refractivity contribution in [3.05, 3.63) is 100 Å². The summed E-state index contributed by atoms with van der Waals surface area (Å²) in [7, 11) is -3.71. The van der Waals surface area contributed by atoms with Crippen LogP contribution in [0.3, 0.4) is 0 Å². The molecule has 0 saturated carbocycles. The van der Waals surface area contributed by atoms with Crippen LogP contribution in [0.15, 0.2) is 71.8 Å². The molecule has 2 fully saturated rings. The van der Waals surface area contributed by atoms with Crippen LogP contribution in [-0.2, 0) is 16.4 Å². The van der Waals surface area contributed by atoms with Crippen molar-refractivity contribution >= 4 is 38.1 Å². The van der Waals surface area contributed by atoms with Crippen molar-refractivity contribution in [1.82, 2.24) is 19.2 Å². The minimum Gasteiger partial charge on any atom is -0.382 e. The molecule has 9 nitrogen and oxygen atoms in total. The highest BCUT2D eigenvalue weighted by Gasteiger charge is 2.31. The molecule has 2 aromatic carbocycles. The van der Waals surface area contributed by atoms with Crippen molar-refractivity contribution in [3.63, 3.8) is 0 Å². The van der Waals surface area contributed by atoms with Crippen molar-refractivity contribution in [2.75, 3.05) is 43.8 Å². The number of nitrogens with one attached hydrogen (secondary N) is 1. The first-order valence-electron chi connectivity index (χ1n) is 14.9. The van der Waals surface area contributed by atoms with Crippen molar-refractivity contribution < 1.29 is 22.0 Å². The van der Waals surface area contributed by atoms with Gasteiger partial charge in [0.2, 0.25) is 15.8 Å². The van der Waals surface area contributed by atoms with E-state index in [4.69, 9.17) is 5.73 Å². The van der Waals surface area contributed by atoms with Crippen LogP contribution in [0.5, 0.6) is 0 Å². The number of aromatic nitrogens is 2. The molecule has 1 unspecified atom stereocenters. The van der Waals surface area contributed by atoms with Crippen LogP contribution >= 0.6 is 11.3 Å². The Morgan fingerprint density at radius 2 is 1.71 bits per heavy atom. The fourth-order valence-electron chi connectivity index (χ4n) is 5.97. The molecule has 2 aromatic heterocycles. The molecule has 2 aliphatic heterocycles. The van der Waals surface area contributed by atoms with Crippen molar-refractivity contribution in [1.29, 1.82) is 0 Å². The zero-order valence-electron chi connectivity index (χ0n) is 24.5. The predicted molar refractivity (Wildman–Crippen MR) is 170 cm³/mol. The second-order valence-electron chi connectivity index (χ2n) is 11.4. The third-order valence-electron chi connectivity index (χ3n) is 8.49. The number of nitrogen functional groups attached to an aromatic ring is 1. The summed E-state index contributed by atoms with van der Waals surface area (Å²) in [4.78, 5) is 24.0. The van der Waals surface area contributed by atoms with E-state index < -0.39 is 33.0 Å². The molecule has 1 atom stereocenters. The fourth-order valence-corrected chi connectivity index (χ4v) is 8.29. The number of carbonyl (C=O) groups is 1. The van der Waals surface area contributed by atoms with Crippen LogP contribution in [-0.4, -0.2) is 72.1 Å². The van der Waals surface area contributed by atoms with Gasteiger partial charge in [-0.3, -0.25) is 9.78 Å². The van der Waals surface area contributed by atoms with Gasteiger partial charge in [-0.05, 0) is 61.6 Å². The number of anilines is 2. The summed E-state index contributed by atoms with van der Waals surface area (Å²) < 4.78 is 56.4. The standard InChI is InChI=1S/C32H34F2N6O3S2/c33-26-7-4-8-27(34)28(26)29(41)30-31(35)38-32(44-30)37-24-13-17-40(18-14-24)45(42,43)25-10-9-23(36-19-25)12-16-39-15-11-22(20-39)21-5-2-1-3-6-21/h1-10,19,22,24H,11-18,20,35H2,(H,37,38). The van der Waals surface area contributed by atoms with Gasteiger partial charge < -0.3 is 16.0 Å². The van der Waals surface area contributed by atoms with Gasteiger partial charge in [-0.2, -0.15) is 4.31 Å². The van der Waals surface area contributed by atoms with E-state index in [2.05, 4.69) is 44.5 Å². The van der Waals surface area contributed by atoms with E-state index in [1.54, 1.807) is 12.1 Å². The number of piperidine rings is 1. The number of carbonyl (C=O) groups excluding carboxylic acids is 1. The Bertz CT molecular complexity index is 1740. The Labute approximate surface area is 265 Å². The number of hydrogen-bond donors (Lipinski definition) is 2. The summed E-state index contributed by atoms with van der Waals surface area (Å²) in [5, 5.41) is 3.53. The third-order valence-corrected chi connectivity index (χ3v) is 11.4. The molecule has 45 heavy (non-hydrogen) atoms. The average molecular weight is 653 g/mol. The molecule has 4 heterocycles. The average Bonchev–Trinajstić information content (AvgIpc) is 3.67. The molecule has 6 rings (SSSR count). The highest BCUT2D eigenvalue weighted by molar-refractivity contribution is 7.89. The van der Waals surface area contributed by atoms with Crippen molar-refractivity contribution in [3.8, 4) is 0 Å². The van der Waals surface area contributed by atoms with Gasteiger partial charge in [-0.15, -0.1) is 0 Å². The third kappa shape index (κ3) is 6.91. The van der Waals surface area contributed by atoms with Gasteiger partial charge in [0.25, 0.3) is 0 Å². The maximum absolute atomic E-state index is 14.1. The number of likely N-dealkylation sites (tertiary alicyclic amines) is 1. The summed E-state index contributed by atoms with van der Waals surface area (Å²) in [6.07, 6.45) is 4.32. The summed E-state index contributed by atoms with van der Waals surface area (Å²) in [5.41, 5.74) is 7.47. The van der Waals surface area contributed by atoms with E-state index in [1.165, 1.54) is 22.1 Å². The highest BCUT2D eigenvalue weighted by Crippen LogP contribution is 2.31. The zero-order chi connectivity index (χ0) is 31.6. The Kier molecular flexibility index (Phi) is 9.22. The van der Waals surface area contributed by atoms with Crippen LogP contribution in [0, 0.1) is 11.6 Å². The first-order chi connectivity index (χ1) is 21.7. The normalized spacial score (nSPS) is 18.3. The van der Waals surface area contributed by atoms with Crippen molar-refractivity contribution in [2.24, 2.45) is 0 Å². The van der Waals surface area contributed by atoms with E-state index in [0.29, 0.717) is 23.9 Å². The number of halogens is 2. The number of nitrogens with two attached hydrogens (primary N) is 1. The summed E-state index contributed by atoms with van der Waals surface area (Å²) in [5.74, 6) is -2.39. The van der Waals surface area contributed by atoms with Crippen LogP contribution in [0.2, 0.25) is 0 Å². The van der Waals surface area contributed by atoms with Gasteiger partial charge in [0, 0.05) is 50.5 Å². The van der Waals surface area contributed by atoms with Gasteiger partial charge in [0.1, 0.15) is 27.2 Å². The lowest BCUT2D eigenvalue weighted by Crippen LogP contribution is -2.42. The maximum Gasteiger partial charge on any atom is 0.244 e. The number of ketones is 1. The molecule has 0 radical (unpaired) electrons. The number of sulfonamides is 1. The molecule has 2 saturated heterocycles. The summed E-state index contributed by atoms with van der Waals surface area (Å²) in [6, 6.07) is 17.1. The van der Waals surface area contributed by atoms with Gasteiger partial charge in [0.05, 0.1) is 5.56 Å². The van der Waals surface area contributed by atoms with E-state index in [9.17, 15) is 22.0 Å². The molecular weight excluding hydrogens is 619 g/mol. The largest absolute Gasteiger partial charge is 0.382 e. The topological polar surface area (TPSA) is 122 Å². The Hall–Kier alpha value is -3.78. The number of thiazole rings is 1. The van der Waals surface area contributed by atoms with E-state index in [1.807, 2.05) is 6.07 Å². The van der Waals surface area contributed by atoms with Crippen molar-refractivity contribution in [2.45, 2.75) is 42.5 Å². The molecular formula is C32H34F2N6O3S2. The Balaban J connectivity index is 1.00. The van der Waals surface area contributed by atoms with Gasteiger partial charge in [0.15, 0.2) is 5.13 Å². The lowest BCUT2D eigenvalue weighted by atomic mass is 9.99. The van der Waals surface area contributed by atoms with Gasteiger partial charge in [-0.1, -0.05) is 47.7 Å². The van der Waals surface area contributed by atoms with E-state index >= 15 is 0 Å². The lowest BCUT2D eigenvalue weighted by molar-refractivity contribution is 0.103. The second kappa shape index (κ2) is 13.3. The summed E-state index contributed by atoms with van der Waals surface area (Å²) in [6.45, 7) is 3.51. The lowest BCUT2D eigenvalue weighted by Gasteiger charge is -2.31. The number of benzene rings is 2. The second-order valence-corrected chi connectivity index (χ2v) is 14.4. The quantitative estimate of drug-likeness (QED) is 0.232. The molecule has 0 bridgehead atoms. The number of nitrogens with zero attached hydrogens (tertiary/aromatic N) is 4. The number of pyridine rings is 1. The van der Waals surface area contributed by atoms with Gasteiger partial charge >= 0.3 is 0 Å². The number of hydrogen-bond acceptors (Lipinski definition) is 9. The van der Waals surface area contributed by atoms with E-state index in [-0.39, 0.29) is 34.7 Å². The SMILES string of the molecule is Nc1nc(NC2CCN(S(=O)(=O)c3ccc(CCN4CCC(c5ccccc5)C4)nc3)CC2)sc1C(=O)c1c(F)cccc1F.